The molecule has 0 spiro atoms. The fraction of sp³-hybridized carbons (Fsp3) is 0.349. The third kappa shape index (κ3) is 6.91. The van der Waals surface area contributed by atoms with Gasteiger partial charge in [-0.25, -0.2) is 9.67 Å². The molecule has 4 heterocycles. The number of nitriles is 1. The van der Waals surface area contributed by atoms with Crippen molar-refractivity contribution in [3.8, 4) is 45.8 Å². The van der Waals surface area contributed by atoms with Crippen molar-refractivity contribution >= 4 is 28.0 Å². The molecular weight excluding hydrogens is 697 g/mol. The van der Waals surface area contributed by atoms with Gasteiger partial charge in [0.05, 0.1) is 48.7 Å². The van der Waals surface area contributed by atoms with E-state index in [9.17, 15) is 15.2 Å². The molecule has 55 heavy (non-hydrogen) atoms. The van der Waals surface area contributed by atoms with Gasteiger partial charge in [0.2, 0.25) is 5.89 Å². The van der Waals surface area contributed by atoms with E-state index in [1.165, 1.54) is 0 Å². The van der Waals surface area contributed by atoms with E-state index in [0.29, 0.717) is 61.2 Å². The third-order valence-corrected chi connectivity index (χ3v) is 11.2. The van der Waals surface area contributed by atoms with Crippen LogP contribution >= 0.6 is 0 Å². The van der Waals surface area contributed by atoms with Gasteiger partial charge in [-0.1, -0.05) is 24.3 Å². The zero-order chi connectivity index (χ0) is 38.2. The van der Waals surface area contributed by atoms with Crippen molar-refractivity contribution in [3.63, 3.8) is 0 Å². The summed E-state index contributed by atoms with van der Waals surface area (Å²) < 4.78 is 25.7. The van der Waals surface area contributed by atoms with Crippen LogP contribution in [0.1, 0.15) is 41.5 Å². The highest BCUT2D eigenvalue weighted by molar-refractivity contribution is 5.97. The molecule has 2 aromatic heterocycles. The second kappa shape index (κ2) is 15.2. The standard InChI is InChI=1S/C43H44N6O6/c1-26-32(7-5-8-33(26)42-46-37-18-27(17-29(21-44)41(37)55-42)23-48-14-11-28(24-48)43(50)51)34-9-6-10-38-35(34)22-45-49(38)31-19-39(52-3)36(40(20-31)53-4)25-47(2)30-12-15-54-16-13-30/h5-10,17-20,22,28,30H,11-16,23-25H2,1-4H3,(H,50,51)/t28-/m1/s1. The summed E-state index contributed by atoms with van der Waals surface area (Å²) in [5.74, 6) is 0.774. The first-order valence-corrected chi connectivity index (χ1v) is 18.6. The fourth-order valence-corrected chi connectivity index (χ4v) is 8.22. The average molecular weight is 741 g/mol. The van der Waals surface area contributed by atoms with Gasteiger partial charge in [0, 0.05) is 62.0 Å². The highest BCUT2D eigenvalue weighted by Gasteiger charge is 2.28. The number of nitrogens with zero attached hydrogens (tertiary/aromatic N) is 6. The van der Waals surface area contributed by atoms with E-state index in [2.05, 4.69) is 48.0 Å². The first kappa shape index (κ1) is 36.2. The number of methoxy groups -OCH3 is 2. The summed E-state index contributed by atoms with van der Waals surface area (Å²) in [6, 6.07) is 22.8. The van der Waals surface area contributed by atoms with E-state index in [4.69, 9.17) is 28.7 Å². The summed E-state index contributed by atoms with van der Waals surface area (Å²) in [5.41, 5.74) is 8.90. The van der Waals surface area contributed by atoms with E-state index >= 15 is 0 Å². The molecule has 1 atom stereocenters. The lowest BCUT2D eigenvalue weighted by Gasteiger charge is -2.32. The summed E-state index contributed by atoms with van der Waals surface area (Å²) in [5, 5.41) is 25.3. The number of benzene rings is 4. The van der Waals surface area contributed by atoms with Crippen molar-refractivity contribution < 1.29 is 28.5 Å². The van der Waals surface area contributed by atoms with Crippen molar-refractivity contribution in [2.75, 3.05) is 47.6 Å². The predicted molar refractivity (Wildman–Crippen MR) is 208 cm³/mol. The van der Waals surface area contributed by atoms with Gasteiger partial charge in [0.1, 0.15) is 23.1 Å². The van der Waals surface area contributed by atoms with Gasteiger partial charge in [0.15, 0.2) is 5.58 Å². The van der Waals surface area contributed by atoms with Gasteiger partial charge in [-0.15, -0.1) is 0 Å². The molecule has 12 heteroatoms. The molecule has 12 nitrogen and oxygen atoms in total. The maximum atomic E-state index is 11.5. The van der Waals surface area contributed by atoms with Gasteiger partial charge in [0.25, 0.3) is 0 Å². The number of aliphatic carboxylic acids is 1. The number of hydrogen-bond acceptors (Lipinski definition) is 10. The van der Waals surface area contributed by atoms with Crippen LogP contribution in [0.5, 0.6) is 11.5 Å². The van der Waals surface area contributed by atoms with Gasteiger partial charge in [-0.3, -0.25) is 14.6 Å². The minimum atomic E-state index is -0.768. The molecule has 0 unspecified atom stereocenters. The Morgan fingerprint density at radius 3 is 2.45 bits per heavy atom. The second-order valence-electron chi connectivity index (χ2n) is 14.5. The Balaban J connectivity index is 1.11. The molecule has 4 aromatic carbocycles. The van der Waals surface area contributed by atoms with Crippen LogP contribution in [-0.2, 0) is 22.6 Å². The molecule has 1 N–H and O–H groups in total. The van der Waals surface area contributed by atoms with Crippen LogP contribution in [-0.4, -0.2) is 89.3 Å². The van der Waals surface area contributed by atoms with Gasteiger partial charge in [-0.2, -0.15) is 10.4 Å². The lowest BCUT2D eigenvalue weighted by molar-refractivity contribution is -0.141. The Hall–Kier alpha value is -5.74. The number of carbonyl (C=O) groups is 1. The molecule has 8 rings (SSSR count). The summed E-state index contributed by atoms with van der Waals surface area (Å²) in [6.07, 6.45) is 4.51. The molecule has 2 fully saturated rings. The first-order valence-electron chi connectivity index (χ1n) is 18.6. The first-order chi connectivity index (χ1) is 26.8. The largest absolute Gasteiger partial charge is 0.496 e. The van der Waals surface area contributed by atoms with Crippen molar-refractivity contribution in [1.29, 1.82) is 5.26 Å². The smallest absolute Gasteiger partial charge is 0.307 e. The molecular formula is C43H44N6O6. The zero-order valence-electron chi connectivity index (χ0n) is 31.5. The summed E-state index contributed by atoms with van der Waals surface area (Å²) >= 11 is 0. The molecule has 282 valence electrons. The summed E-state index contributed by atoms with van der Waals surface area (Å²) in [7, 11) is 5.52. The van der Waals surface area contributed by atoms with Crippen LogP contribution in [0.2, 0.25) is 0 Å². The minimum Gasteiger partial charge on any atom is -0.496 e. The SMILES string of the molecule is COc1cc(-n2ncc3c(-c4cccc(-c5nc6cc(CN7CC[C@@H](C(=O)O)C7)cc(C#N)c6o5)c4C)cccc32)cc(OC)c1CN(C)C1CCOCC1. The number of carboxylic acid groups (broad SMARTS) is 1. The lowest BCUT2D eigenvalue weighted by Crippen LogP contribution is -2.36. The highest BCUT2D eigenvalue weighted by Crippen LogP contribution is 2.39. The molecule has 6 aromatic rings. The van der Waals surface area contributed by atoms with E-state index in [0.717, 1.165) is 87.5 Å². The molecule has 2 saturated heterocycles. The van der Waals surface area contributed by atoms with E-state index < -0.39 is 5.97 Å². The molecule has 0 aliphatic carbocycles. The van der Waals surface area contributed by atoms with Crippen LogP contribution in [0.25, 0.3) is 50.3 Å². The quantitative estimate of drug-likeness (QED) is 0.144. The maximum Gasteiger partial charge on any atom is 0.307 e. The number of fused-ring (bicyclic) bond motifs is 2. The Morgan fingerprint density at radius 1 is 1.02 bits per heavy atom. The monoisotopic (exact) mass is 740 g/mol. The topological polar surface area (TPSA) is 139 Å². The molecule has 2 aliphatic heterocycles. The summed E-state index contributed by atoms with van der Waals surface area (Å²) in [4.78, 5) is 20.8. The van der Waals surface area contributed by atoms with Crippen molar-refractivity contribution in [2.24, 2.45) is 5.92 Å². The lowest BCUT2D eigenvalue weighted by atomic mass is 9.94. The van der Waals surface area contributed by atoms with Crippen LogP contribution in [0.3, 0.4) is 0 Å². The van der Waals surface area contributed by atoms with Crippen molar-refractivity contribution in [3.05, 3.63) is 89.1 Å². The normalized spacial score (nSPS) is 16.6. The molecule has 0 saturated carbocycles. The van der Waals surface area contributed by atoms with Crippen LogP contribution < -0.4 is 9.47 Å². The number of aromatic nitrogens is 3. The number of oxazole rings is 1. The van der Waals surface area contributed by atoms with Gasteiger partial charge < -0.3 is 23.7 Å². The average Bonchev–Trinajstić information content (AvgIpc) is 3.97. The predicted octanol–water partition coefficient (Wildman–Crippen LogP) is 7.22. The van der Waals surface area contributed by atoms with E-state index in [-0.39, 0.29) is 5.92 Å². The molecule has 0 radical (unpaired) electrons. The number of carboxylic acids is 1. The van der Waals surface area contributed by atoms with Crippen LogP contribution in [0, 0.1) is 24.2 Å². The highest BCUT2D eigenvalue weighted by atomic mass is 16.5. The Bertz CT molecular complexity index is 2420. The number of ether oxygens (including phenoxy) is 3. The second-order valence-corrected chi connectivity index (χ2v) is 14.5. The van der Waals surface area contributed by atoms with Gasteiger partial charge >= 0.3 is 5.97 Å². The van der Waals surface area contributed by atoms with E-state index in [1.54, 1.807) is 14.2 Å². The number of hydrogen-bond donors (Lipinski definition) is 1. The maximum absolute atomic E-state index is 11.5. The Labute approximate surface area is 319 Å². The fourth-order valence-electron chi connectivity index (χ4n) is 8.22. The van der Waals surface area contributed by atoms with Crippen molar-refractivity contribution in [1.82, 2.24) is 24.6 Å². The van der Waals surface area contributed by atoms with Crippen LogP contribution in [0.4, 0.5) is 0 Å². The van der Waals surface area contributed by atoms with E-state index in [1.807, 2.05) is 53.3 Å². The Kier molecular flexibility index (Phi) is 10.0. The Morgan fingerprint density at radius 2 is 1.75 bits per heavy atom. The van der Waals surface area contributed by atoms with Crippen LogP contribution in [0.15, 0.2) is 71.3 Å². The number of rotatable bonds is 11. The number of likely N-dealkylation sites (tertiary alicyclic amines) is 1. The molecule has 0 bridgehead atoms. The zero-order valence-corrected chi connectivity index (χ0v) is 31.5. The third-order valence-electron chi connectivity index (χ3n) is 11.2. The minimum absolute atomic E-state index is 0.369. The molecule has 2 aliphatic rings. The van der Waals surface area contributed by atoms with Crippen molar-refractivity contribution in [2.45, 2.75) is 45.3 Å². The van der Waals surface area contributed by atoms with Gasteiger partial charge in [-0.05, 0) is 86.3 Å². The molecule has 0 amide bonds. The summed E-state index contributed by atoms with van der Waals surface area (Å²) in [6.45, 7) is 6.02.